The van der Waals surface area contributed by atoms with E-state index in [2.05, 4.69) is 59.5 Å². The van der Waals surface area contributed by atoms with Crippen molar-refractivity contribution in [3.8, 4) is 0 Å². The van der Waals surface area contributed by atoms with Crippen molar-refractivity contribution in [2.45, 2.75) is 136 Å². The quantitative estimate of drug-likeness (QED) is 0.203. The molecule has 0 radical (unpaired) electrons. The van der Waals surface area contributed by atoms with Crippen molar-refractivity contribution in [3.05, 3.63) is 0 Å². The molecule has 2 atom stereocenters. The van der Waals surface area contributed by atoms with Crippen LogP contribution in [0.4, 0.5) is 0 Å². The summed E-state index contributed by atoms with van der Waals surface area (Å²) >= 11 is 0. The van der Waals surface area contributed by atoms with Crippen molar-refractivity contribution < 1.29 is 19.1 Å². The van der Waals surface area contributed by atoms with E-state index in [1.54, 1.807) is 0 Å². The van der Waals surface area contributed by atoms with Gasteiger partial charge in [-0.15, -0.1) is 0 Å². The molecule has 1 aliphatic heterocycles. The molecule has 6 nitrogen and oxygen atoms in total. The summed E-state index contributed by atoms with van der Waals surface area (Å²) in [4.78, 5) is 26.6. The van der Waals surface area contributed by atoms with Crippen molar-refractivity contribution in [2.75, 3.05) is 13.6 Å². The highest BCUT2D eigenvalue weighted by Crippen LogP contribution is 2.27. The van der Waals surface area contributed by atoms with Crippen LogP contribution in [-0.2, 0) is 19.1 Å². The normalized spacial score (nSPS) is 20.4. The molecule has 192 valence electrons. The van der Waals surface area contributed by atoms with Gasteiger partial charge in [-0.2, -0.15) is 0 Å². The Labute approximate surface area is 204 Å². The van der Waals surface area contributed by atoms with E-state index < -0.39 is 0 Å². The Morgan fingerprint density at radius 2 is 1.58 bits per heavy atom. The summed E-state index contributed by atoms with van der Waals surface area (Å²) in [7, 11) is 4.12. The summed E-state index contributed by atoms with van der Waals surface area (Å²) < 4.78 is 11.5. The number of unbranched alkanes of at least 4 members (excludes halogenated alkanes) is 5. The van der Waals surface area contributed by atoms with Gasteiger partial charge in [-0.05, 0) is 44.9 Å². The first kappa shape index (κ1) is 30.0. The molecule has 1 heterocycles. The van der Waals surface area contributed by atoms with Crippen molar-refractivity contribution in [3.63, 3.8) is 0 Å². The highest BCUT2D eigenvalue weighted by Gasteiger charge is 2.36. The molecule has 0 amide bonds. The third kappa shape index (κ3) is 12.8. The maximum Gasteiger partial charge on any atom is 0.306 e. The van der Waals surface area contributed by atoms with Crippen LogP contribution < -0.4 is 0 Å². The van der Waals surface area contributed by atoms with Crippen LogP contribution in [0.25, 0.3) is 0 Å². The maximum absolute atomic E-state index is 12.2. The van der Waals surface area contributed by atoms with Crippen LogP contribution in [0, 0.1) is 5.41 Å². The van der Waals surface area contributed by atoms with Crippen LogP contribution >= 0.6 is 0 Å². The molecule has 1 saturated heterocycles. The molecule has 7 heteroatoms. The van der Waals surface area contributed by atoms with Gasteiger partial charge in [-0.25, -0.2) is 0 Å². The Morgan fingerprint density at radius 3 is 2.09 bits per heavy atom. The van der Waals surface area contributed by atoms with Gasteiger partial charge in [-0.3, -0.25) is 19.5 Å². The highest BCUT2D eigenvalue weighted by molar-refractivity contribution is 6.04. The van der Waals surface area contributed by atoms with Crippen molar-refractivity contribution in [2.24, 2.45) is 5.41 Å². The number of hydrazine groups is 1. The summed E-state index contributed by atoms with van der Waals surface area (Å²) in [6, 6.07) is 0. The third-order valence-electron chi connectivity index (χ3n) is 6.64. The predicted molar refractivity (Wildman–Crippen MR) is 137 cm³/mol. The summed E-state index contributed by atoms with van der Waals surface area (Å²) in [5.41, 5.74) is 0.167. The first-order valence-corrected chi connectivity index (χ1v) is 13.2. The van der Waals surface area contributed by atoms with Crippen LogP contribution in [0.15, 0.2) is 0 Å². The lowest BCUT2D eigenvalue weighted by molar-refractivity contribution is -0.162. The largest absolute Gasteiger partial charge is 0.462 e. The summed E-state index contributed by atoms with van der Waals surface area (Å²) in [6.45, 7) is 13.8. The fourth-order valence-electron chi connectivity index (χ4n) is 4.66. The molecular weight excluding hydrogens is 415 g/mol. The molecule has 0 N–H and O–H groups in total. The first-order valence-electron chi connectivity index (χ1n) is 13.2. The van der Waals surface area contributed by atoms with Gasteiger partial charge in [0.1, 0.15) is 12.2 Å². The SMILES string of the molecule is BN1N(C)CC(OC(=O)CCCCCCCCC(=O)OC(CCC)CC(C)(C)C)CC1(C)C. The molecule has 1 fully saturated rings. The van der Waals surface area contributed by atoms with Gasteiger partial charge >= 0.3 is 11.9 Å². The Balaban J connectivity index is 2.10. The molecule has 0 aromatic heterocycles. The summed E-state index contributed by atoms with van der Waals surface area (Å²) in [6.07, 6.45) is 10.8. The van der Waals surface area contributed by atoms with Gasteiger partial charge in [0.05, 0.1) is 0 Å². The number of nitrogens with zero attached hydrogens (tertiary/aromatic N) is 2. The first-order chi connectivity index (χ1) is 15.3. The molecule has 2 unspecified atom stereocenters. The number of hydrogen-bond acceptors (Lipinski definition) is 6. The molecule has 0 saturated carbocycles. The van der Waals surface area contributed by atoms with E-state index in [9.17, 15) is 9.59 Å². The molecule has 0 bridgehead atoms. The van der Waals surface area contributed by atoms with E-state index in [0.29, 0.717) is 12.8 Å². The number of likely N-dealkylation sites (N-methyl/N-ethyl adjacent to an activating group) is 1. The van der Waals surface area contributed by atoms with Crippen LogP contribution in [0.1, 0.15) is 119 Å². The second-order valence-corrected chi connectivity index (χ2v) is 11.8. The topological polar surface area (TPSA) is 59.1 Å². The number of carbonyl (C=O) groups excluding carboxylic acids is 2. The van der Waals surface area contributed by atoms with Crippen molar-refractivity contribution in [1.82, 2.24) is 9.93 Å². The second kappa shape index (κ2) is 14.4. The Hall–Kier alpha value is -1.08. The number of carbonyl (C=O) groups is 2. The fraction of sp³-hybridized carbons (Fsp3) is 0.923. The molecule has 0 aromatic carbocycles. The van der Waals surface area contributed by atoms with Crippen LogP contribution in [0.2, 0.25) is 0 Å². The summed E-state index contributed by atoms with van der Waals surface area (Å²) in [5.74, 6) is -0.128. The number of hydrogen-bond donors (Lipinski definition) is 0. The Bertz CT molecular complexity index is 591. The van der Waals surface area contributed by atoms with Crippen LogP contribution in [0.5, 0.6) is 0 Å². The van der Waals surface area contributed by atoms with Gasteiger partial charge in [0.15, 0.2) is 0 Å². The zero-order valence-corrected chi connectivity index (χ0v) is 22.9. The molecule has 1 aliphatic rings. The predicted octanol–water partition coefficient (Wildman–Crippen LogP) is 5.05. The van der Waals surface area contributed by atoms with Gasteiger partial charge in [0.2, 0.25) is 7.98 Å². The lowest BCUT2D eigenvalue weighted by Gasteiger charge is -2.49. The number of esters is 2. The molecule has 0 aliphatic carbocycles. The summed E-state index contributed by atoms with van der Waals surface area (Å²) in [5, 5.41) is 2.13. The van der Waals surface area contributed by atoms with Gasteiger partial charge < -0.3 is 9.47 Å². The maximum atomic E-state index is 12.2. The molecule has 0 aromatic rings. The molecule has 33 heavy (non-hydrogen) atoms. The standard InChI is InChI=1S/C26H51BN2O4/c1-8-15-21(18-25(2,3)4)32-23(30)16-13-11-9-10-12-14-17-24(31)33-22-19-26(5,6)29(27)28(7)20-22/h21-22H,8-20,27H2,1-7H3. The fourth-order valence-corrected chi connectivity index (χ4v) is 4.66. The average molecular weight is 467 g/mol. The number of ether oxygens (including phenoxy) is 2. The highest BCUT2D eigenvalue weighted by atomic mass is 16.5. The third-order valence-corrected chi connectivity index (χ3v) is 6.64. The zero-order chi connectivity index (χ0) is 25.1. The van der Waals surface area contributed by atoms with Crippen LogP contribution in [-0.4, -0.2) is 61.2 Å². The smallest absolute Gasteiger partial charge is 0.306 e. The van der Waals surface area contributed by atoms with E-state index >= 15 is 0 Å². The Kier molecular flexibility index (Phi) is 13.0. The number of rotatable bonds is 14. The molecule has 1 rings (SSSR count). The van der Waals surface area contributed by atoms with E-state index in [1.165, 1.54) is 0 Å². The minimum atomic E-state index is -0.0756. The lowest BCUT2D eigenvalue weighted by atomic mass is 9.88. The van der Waals surface area contributed by atoms with E-state index in [1.807, 2.05) is 7.05 Å². The van der Waals surface area contributed by atoms with E-state index in [0.717, 1.165) is 70.8 Å². The molecular formula is C26H51BN2O4. The minimum absolute atomic E-state index is 0.00608. The van der Waals surface area contributed by atoms with E-state index in [-0.39, 0.29) is 35.1 Å². The second-order valence-electron chi connectivity index (χ2n) is 11.8. The monoisotopic (exact) mass is 466 g/mol. The lowest BCUT2D eigenvalue weighted by Crippen LogP contribution is -2.60. The minimum Gasteiger partial charge on any atom is -0.462 e. The average Bonchev–Trinajstić information content (AvgIpc) is 2.66. The van der Waals surface area contributed by atoms with Gasteiger partial charge in [0.25, 0.3) is 0 Å². The van der Waals surface area contributed by atoms with Crippen molar-refractivity contribution in [1.29, 1.82) is 0 Å². The van der Waals surface area contributed by atoms with Gasteiger partial charge in [0, 0.05) is 38.4 Å². The van der Waals surface area contributed by atoms with Crippen molar-refractivity contribution >= 4 is 19.9 Å². The van der Waals surface area contributed by atoms with Crippen LogP contribution in [0.3, 0.4) is 0 Å². The Morgan fingerprint density at radius 1 is 1.03 bits per heavy atom. The zero-order valence-electron chi connectivity index (χ0n) is 22.9. The van der Waals surface area contributed by atoms with E-state index in [4.69, 9.17) is 9.47 Å². The van der Waals surface area contributed by atoms with Gasteiger partial charge in [-0.1, -0.05) is 59.8 Å². The molecule has 0 spiro atoms.